The molecule has 0 saturated heterocycles. The molecule has 1 aromatic carbocycles. The van der Waals surface area contributed by atoms with E-state index in [1.165, 1.54) is 7.11 Å². The molecule has 0 saturated carbocycles. The van der Waals surface area contributed by atoms with Crippen LogP contribution in [0.3, 0.4) is 0 Å². The number of methoxy groups -OCH3 is 1. The van der Waals surface area contributed by atoms with Crippen molar-refractivity contribution in [3.63, 3.8) is 0 Å². The van der Waals surface area contributed by atoms with Gasteiger partial charge in [-0.2, -0.15) is 0 Å². The van der Waals surface area contributed by atoms with E-state index in [0.717, 1.165) is 18.4 Å². The molecular weight excluding hydrogens is 192 g/mol. The van der Waals surface area contributed by atoms with Crippen LogP contribution in [0.2, 0.25) is 0 Å². The maximum atomic E-state index is 11.1. The molecule has 0 heterocycles. The second kappa shape index (κ2) is 5.51. The van der Waals surface area contributed by atoms with Crippen molar-refractivity contribution in [1.82, 2.24) is 0 Å². The fourth-order valence-corrected chi connectivity index (χ4v) is 1.30. The SMILES string of the molecule is COC(=O)c1ccc(CC[C@H](C)O)cc1. The Labute approximate surface area is 89.7 Å². The van der Waals surface area contributed by atoms with Gasteiger partial charge in [0.2, 0.25) is 0 Å². The molecule has 1 aromatic rings. The van der Waals surface area contributed by atoms with Crippen LogP contribution in [0.1, 0.15) is 29.3 Å². The maximum absolute atomic E-state index is 11.1. The van der Waals surface area contributed by atoms with E-state index in [-0.39, 0.29) is 12.1 Å². The average Bonchev–Trinajstić information content (AvgIpc) is 2.26. The number of carbonyl (C=O) groups excluding carboxylic acids is 1. The quantitative estimate of drug-likeness (QED) is 0.767. The number of rotatable bonds is 4. The summed E-state index contributed by atoms with van der Waals surface area (Å²) in [7, 11) is 1.36. The molecule has 0 aliphatic rings. The van der Waals surface area contributed by atoms with Gasteiger partial charge in [0.15, 0.2) is 0 Å². The van der Waals surface area contributed by atoms with Crippen LogP contribution in [0.15, 0.2) is 24.3 Å². The molecule has 3 nitrogen and oxygen atoms in total. The van der Waals surface area contributed by atoms with Gasteiger partial charge in [-0.05, 0) is 37.5 Å². The highest BCUT2D eigenvalue weighted by atomic mass is 16.5. The van der Waals surface area contributed by atoms with E-state index >= 15 is 0 Å². The van der Waals surface area contributed by atoms with Crippen molar-refractivity contribution in [2.75, 3.05) is 7.11 Å². The van der Waals surface area contributed by atoms with Crippen LogP contribution in [0.25, 0.3) is 0 Å². The lowest BCUT2D eigenvalue weighted by Crippen LogP contribution is -2.03. The van der Waals surface area contributed by atoms with Crippen LogP contribution in [-0.2, 0) is 11.2 Å². The van der Waals surface area contributed by atoms with Crippen molar-refractivity contribution < 1.29 is 14.6 Å². The Kier molecular flexibility index (Phi) is 4.31. The van der Waals surface area contributed by atoms with Crippen molar-refractivity contribution in [2.24, 2.45) is 0 Å². The first-order valence-electron chi connectivity index (χ1n) is 4.99. The van der Waals surface area contributed by atoms with Crippen molar-refractivity contribution in [1.29, 1.82) is 0 Å². The number of aryl methyl sites for hydroxylation is 1. The van der Waals surface area contributed by atoms with Crippen LogP contribution in [0.5, 0.6) is 0 Å². The van der Waals surface area contributed by atoms with Crippen LogP contribution in [0, 0.1) is 0 Å². The topological polar surface area (TPSA) is 46.5 Å². The van der Waals surface area contributed by atoms with Crippen molar-refractivity contribution >= 4 is 5.97 Å². The molecule has 0 aliphatic carbocycles. The summed E-state index contributed by atoms with van der Waals surface area (Å²) >= 11 is 0. The number of aliphatic hydroxyl groups excluding tert-OH is 1. The number of aliphatic hydroxyl groups is 1. The number of esters is 1. The largest absolute Gasteiger partial charge is 0.465 e. The van der Waals surface area contributed by atoms with Crippen LogP contribution in [-0.4, -0.2) is 24.3 Å². The Bertz CT molecular complexity index is 314. The van der Waals surface area contributed by atoms with Crippen molar-refractivity contribution in [3.05, 3.63) is 35.4 Å². The van der Waals surface area contributed by atoms with E-state index in [1.807, 2.05) is 12.1 Å². The van der Waals surface area contributed by atoms with Crippen LogP contribution in [0.4, 0.5) is 0 Å². The second-order valence-electron chi connectivity index (χ2n) is 3.58. The Morgan fingerprint density at radius 2 is 2.00 bits per heavy atom. The van der Waals surface area contributed by atoms with Gasteiger partial charge in [-0.3, -0.25) is 0 Å². The van der Waals surface area contributed by atoms with Gasteiger partial charge >= 0.3 is 5.97 Å². The summed E-state index contributed by atoms with van der Waals surface area (Å²) in [6, 6.07) is 7.25. The summed E-state index contributed by atoms with van der Waals surface area (Å²) in [5.41, 5.74) is 1.67. The monoisotopic (exact) mass is 208 g/mol. The second-order valence-corrected chi connectivity index (χ2v) is 3.58. The summed E-state index contributed by atoms with van der Waals surface area (Å²) in [6.45, 7) is 1.77. The lowest BCUT2D eigenvalue weighted by molar-refractivity contribution is 0.0600. The predicted octanol–water partition coefficient (Wildman–Crippen LogP) is 1.79. The zero-order valence-electron chi connectivity index (χ0n) is 9.06. The highest BCUT2D eigenvalue weighted by molar-refractivity contribution is 5.89. The zero-order valence-corrected chi connectivity index (χ0v) is 9.06. The fourth-order valence-electron chi connectivity index (χ4n) is 1.30. The molecule has 15 heavy (non-hydrogen) atoms. The molecule has 1 N–H and O–H groups in total. The molecule has 0 amide bonds. The van der Waals surface area contributed by atoms with Gasteiger partial charge in [-0.15, -0.1) is 0 Å². The molecule has 82 valence electrons. The van der Waals surface area contributed by atoms with Crippen molar-refractivity contribution in [2.45, 2.75) is 25.9 Å². The van der Waals surface area contributed by atoms with Gasteiger partial charge in [0, 0.05) is 0 Å². The Balaban J connectivity index is 2.60. The van der Waals surface area contributed by atoms with Gasteiger partial charge in [0.1, 0.15) is 0 Å². The third-order valence-electron chi connectivity index (χ3n) is 2.23. The minimum absolute atomic E-state index is 0.287. The lowest BCUT2D eigenvalue weighted by atomic mass is 10.1. The molecule has 0 bridgehead atoms. The van der Waals surface area contributed by atoms with E-state index in [1.54, 1.807) is 19.1 Å². The minimum atomic E-state index is -0.322. The van der Waals surface area contributed by atoms with Gasteiger partial charge in [0.05, 0.1) is 18.8 Å². The van der Waals surface area contributed by atoms with E-state index in [4.69, 9.17) is 5.11 Å². The van der Waals surface area contributed by atoms with Crippen LogP contribution < -0.4 is 0 Å². The molecule has 0 unspecified atom stereocenters. The Morgan fingerprint density at radius 3 is 2.47 bits per heavy atom. The number of hydrogen-bond donors (Lipinski definition) is 1. The maximum Gasteiger partial charge on any atom is 0.337 e. The third kappa shape index (κ3) is 3.72. The molecule has 1 atom stereocenters. The summed E-state index contributed by atoms with van der Waals surface area (Å²) in [5, 5.41) is 9.12. The molecule has 0 radical (unpaired) electrons. The minimum Gasteiger partial charge on any atom is -0.465 e. The van der Waals surface area contributed by atoms with Gasteiger partial charge in [-0.1, -0.05) is 12.1 Å². The standard InChI is InChI=1S/C12H16O3/c1-9(13)3-4-10-5-7-11(8-6-10)12(14)15-2/h5-9,13H,3-4H2,1-2H3/t9-/m0/s1. The Hall–Kier alpha value is -1.35. The summed E-state index contributed by atoms with van der Waals surface area (Å²) in [4.78, 5) is 11.1. The van der Waals surface area contributed by atoms with Crippen molar-refractivity contribution in [3.8, 4) is 0 Å². The smallest absolute Gasteiger partial charge is 0.337 e. The first-order valence-corrected chi connectivity index (χ1v) is 4.99. The van der Waals surface area contributed by atoms with Crippen LogP contribution >= 0.6 is 0 Å². The highest BCUT2D eigenvalue weighted by Crippen LogP contribution is 2.08. The summed E-state index contributed by atoms with van der Waals surface area (Å²) in [6.07, 6.45) is 1.27. The van der Waals surface area contributed by atoms with E-state index in [0.29, 0.717) is 5.56 Å². The molecule has 0 fully saturated rings. The van der Waals surface area contributed by atoms with E-state index in [9.17, 15) is 4.79 Å². The lowest BCUT2D eigenvalue weighted by Gasteiger charge is -2.04. The van der Waals surface area contributed by atoms with Gasteiger partial charge in [-0.25, -0.2) is 4.79 Å². The number of benzene rings is 1. The molecule has 0 spiro atoms. The first-order chi connectivity index (χ1) is 7.13. The third-order valence-corrected chi connectivity index (χ3v) is 2.23. The van der Waals surface area contributed by atoms with Gasteiger partial charge in [0.25, 0.3) is 0 Å². The Morgan fingerprint density at radius 1 is 1.40 bits per heavy atom. The summed E-state index contributed by atoms with van der Waals surface area (Å²) in [5.74, 6) is -0.322. The van der Waals surface area contributed by atoms with Gasteiger partial charge < -0.3 is 9.84 Å². The zero-order chi connectivity index (χ0) is 11.3. The van der Waals surface area contributed by atoms with E-state index < -0.39 is 0 Å². The molecule has 0 aromatic heterocycles. The number of carbonyl (C=O) groups is 1. The predicted molar refractivity (Wildman–Crippen MR) is 57.8 cm³/mol. The average molecular weight is 208 g/mol. The normalized spacial score (nSPS) is 12.2. The summed E-state index contributed by atoms with van der Waals surface area (Å²) < 4.78 is 4.60. The number of hydrogen-bond acceptors (Lipinski definition) is 3. The highest BCUT2D eigenvalue weighted by Gasteiger charge is 2.04. The molecule has 1 rings (SSSR count). The fraction of sp³-hybridized carbons (Fsp3) is 0.417. The molecule has 3 heteroatoms. The molecular formula is C12H16O3. The number of ether oxygens (including phenoxy) is 1. The first kappa shape index (κ1) is 11.7. The van der Waals surface area contributed by atoms with E-state index in [2.05, 4.69) is 4.74 Å². The molecule has 0 aliphatic heterocycles.